The van der Waals surface area contributed by atoms with Gasteiger partial charge in [0.05, 0.1) is 0 Å². The highest BCUT2D eigenvalue weighted by Crippen LogP contribution is 2.15. The smallest absolute Gasteiger partial charge is 0.272 e. The number of hydrogen-bond acceptors (Lipinski definition) is 3. The minimum atomic E-state index is -0.199. The van der Waals surface area contributed by atoms with Crippen molar-refractivity contribution >= 4 is 17.5 Å². The average molecular weight is 329 g/mol. The molecule has 0 saturated heterocycles. The molecular formula is C18H23N3O3. The molecule has 0 aliphatic heterocycles. The minimum Gasteiger partial charge on any atom is -0.396 e. The molecule has 1 heterocycles. The molecule has 0 radical (unpaired) electrons. The van der Waals surface area contributed by atoms with Gasteiger partial charge in [-0.05, 0) is 56.7 Å². The van der Waals surface area contributed by atoms with Gasteiger partial charge in [-0.2, -0.15) is 0 Å². The summed E-state index contributed by atoms with van der Waals surface area (Å²) in [4.78, 5) is 24.2. The summed E-state index contributed by atoms with van der Waals surface area (Å²) in [6.07, 6.45) is 2.40. The lowest BCUT2D eigenvalue weighted by Gasteiger charge is -2.13. The molecule has 0 fully saturated rings. The fourth-order valence-electron chi connectivity index (χ4n) is 2.32. The van der Waals surface area contributed by atoms with Crippen LogP contribution in [0.2, 0.25) is 0 Å². The summed E-state index contributed by atoms with van der Waals surface area (Å²) in [6, 6.07) is 10.5. The first kappa shape index (κ1) is 17.7. The van der Waals surface area contributed by atoms with Gasteiger partial charge < -0.3 is 20.3 Å². The van der Waals surface area contributed by atoms with Gasteiger partial charge in [0.2, 0.25) is 0 Å². The van der Waals surface area contributed by atoms with Crippen LogP contribution in [0.4, 0.5) is 5.69 Å². The molecule has 2 aromatic rings. The number of anilines is 1. The Balaban J connectivity index is 1.99. The van der Waals surface area contributed by atoms with E-state index in [-0.39, 0.29) is 24.5 Å². The van der Waals surface area contributed by atoms with Crippen molar-refractivity contribution in [2.45, 2.75) is 26.3 Å². The van der Waals surface area contributed by atoms with Crippen LogP contribution in [-0.4, -0.2) is 34.6 Å². The molecule has 1 aromatic heterocycles. The van der Waals surface area contributed by atoms with Crippen molar-refractivity contribution in [1.82, 2.24) is 9.88 Å². The SMILES string of the molecule is CC(C)n1cccc1C(=O)Nc1ccc(C(=O)NCCCO)cc1. The van der Waals surface area contributed by atoms with Crippen molar-refractivity contribution < 1.29 is 14.7 Å². The summed E-state index contributed by atoms with van der Waals surface area (Å²) in [7, 11) is 0. The molecule has 0 atom stereocenters. The largest absolute Gasteiger partial charge is 0.396 e. The van der Waals surface area contributed by atoms with Gasteiger partial charge in [-0.3, -0.25) is 9.59 Å². The zero-order valence-electron chi connectivity index (χ0n) is 14.0. The quantitative estimate of drug-likeness (QED) is 0.682. The third-order valence-electron chi connectivity index (χ3n) is 3.59. The number of aromatic nitrogens is 1. The fraction of sp³-hybridized carbons (Fsp3) is 0.333. The molecule has 0 bridgehead atoms. The van der Waals surface area contributed by atoms with Gasteiger partial charge in [-0.1, -0.05) is 0 Å². The predicted octanol–water partition coefficient (Wildman–Crippen LogP) is 2.43. The molecule has 0 spiro atoms. The molecule has 24 heavy (non-hydrogen) atoms. The Labute approximate surface area is 141 Å². The van der Waals surface area contributed by atoms with Gasteiger partial charge in [0.25, 0.3) is 11.8 Å². The first-order chi connectivity index (χ1) is 11.5. The lowest BCUT2D eigenvalue weighted by atomic mass is 10.2. The van der Waals surface area contributed by atoms with Crippen LogP contribution in [0.1, 0.15) is 47.2 Å². The molecule has 2 rings (SSSR count). The summed E-state index contributed by atoms with van der Waals surface area (Å²) in [6.45, 7) is 4.51. The molecule has 2 amide bonds. The van der Waals surface area contributed by atoms with E-state index in [4.69, 9.17) is 5.11 Å². The van der Waals surface area contributed by atoms with E-state index in [9.17, 15) is 9.59 Å². The van der Waals surface area contributed by atoms with Crippen LogP contribution in [-0.2, 0) is 0 Å². The number of benzene rings is 1. The van der Waals surface area contributed by atoms with E-state index in [1.165, 1.54) is 0 Å². The standard InChI is InChI=1S/C18H23N3O3/c1-13(2)21-11-3-5-16(21)18(24)20-15-8-6-14(7-9-15)17(23)19-10-4-12-22/h3,5-9,11,13,22H,4,10,12H2,1-2H3,(H,19,23)(H,20,24). The Hall–Kier alpha value is -2.60. The lowest BCUT2D eigenvalue weighted by Crippen LogP contribution is -2.25. The first-order valence-corrected chi connectivity index (χ1v) is 8.00. The number of rotatable bonds is 7. The van der Waals surface area contributed by atoms with Gasteiger partial charge in [-0.15, -0.1) is 0 Å². The molecule has 3 N–H and O–H groups in total. The zero-order chi connectivity index (χ0) is 17.5. The van der Waals surface area contributed by atoms with E-state index in [1.807, 2.05) is 30.7 Å². The maximum atomic E-state index is 12.4. The number of aliphatic hydroxyl groups is 1. The van der Waals surface area contributed by atoms with E-state index < -0.39 is 0 Å². The second-order valence-corrected chi connectivity index (χ2v) is 5.76. The number of nitrogens with one attached hydrogen (secondary N) is 2. The zero-order valence-corrected chi connectivity index (χ0v) is 14.0. The first-order valence-electron chi connectivity index (χ1n) is 8.00. The Bertz CT molecular complexity index is 690. The number of amides is 2. The highest BCUT2D eigenvalue weighted by atomic mass is 16.3. The molecule has 0 unspecified atom stereocenters. The van der Waals surface area contributed by atoms with E-state index in [0.29, 0.717) is 29.9 Å². The summed E-state index contributed by atoms with van der Waals surface area (Å²) in [5.41, 5.74) is 1.73. The average Bonchev–Trinajstić information content (AvgIpc) is 3.05. The summed E-state index contributed by atoms with van der Waals surface area (Å²) >= 11 is 0. The van der Waals surface area contributed by atoms with Crippen molar-refractivity contribution in [1.29, 1.82) is 0 Å². The second kappa shape index (κ2) is 8.31. The van der Waals surface area contributed by atoms with Crippen LogP contribution in [0.5, 0.6) is 0 Å². The van der Waals surface area contributed by atoms with Crippen molar-refractivity contribution in [2.24, 2.45) is 0 Å². The Kier molecular flexibility index (Phi) is 6.14. The summed E-state index contributed by atoms with van der Waals surface area (Å²) in [5.74, 6) is -0.385. The summed E-state index contributed by atoms with van der Waals surface area (Å²) < 4.78 is 1.90. The fourth-order valence-corrected chi connectivity index (χ4v) is 2.32. The molecular weight excluding hydrogens is 306 g/mol. The van der Waals surface area contributed by atoms with E-state index in [0.717, 1.165) is 0 Å². The maximum absolute atomic E-state index is 12.4. The monoisotopic (exact) mass is 329 g/mol. The van der Waals surface area contributed by atoms with E-state index in [1.54, 1.807) is 30.3 Å². The van der Waals surface area contributed by atoms with Crippen molar-refractivity contribution in [2.75, 3.05) is 18.5 Å². The highest BCUT2D eigenvalue weighted by Gasteiger charge is 2.13. The topological polar surface area (TPSA) is 83.4 Å². The molecule has 1 aromatic carbocycles. The van der Waals surface area contributed by atoms with Crippen molar-refractivity contribution in [3.05, 3.63) is 53.9 Å². The van der Waals surface area contributed by atoms with Crippen LogP contribution in [0, 0.1) is 0 Å². The number of nitrogens with zero attached hydrogens (tertiary/aromatic N) is 1. The molecule has 6 heteroatoms. The van der Waals surface area contributed by atoms with Crippen LogP contribution in [0.15, 0.2) is 42.6 Å². The number of carbonyl (C=O) groups is 2. The maximum Gasteiger partial charge on any atom is 0.272 e. The third kappa shape index (κ3) is 4.45. The molecule has 0 aliphatic carbocycles. The van der Waals surface area contributed by atoms with Crippen LogP contribution in [0.3, 0.4) is 0 Å². The third-order valence-corrected chi connectivity index (χ3v) is 3.59. The van der Waals surface area contributed by atoms with Crippen LogP contribution in [0.25, 0.3) is 0 Å². The Morgan fingerprint density at radius 3 is 2.46 bits per heavy atom. The van der Waals surface area contributed by atoms with Gasteiger partial charge >= 0.3 is 0 Å². The van der Waals surface area contributed by atoms with Gasteiger partial charge in [-0.25, -0.2) is 0 Å². The highest BCUT2D eigenvalue weighted by molar-refractivity contribution is 6.03. The lowest BCUT2D eigenvalue weighted by molar-refractivity contribution is 0.0950. The van der Waals surface area contributed by atoms with Crippen LogP contribution < -0.4 is 10.6 Å². The molecule has 6 nitrogen and oxygen atoms in total. The van der Waals surface area contributed by atoms with Crippen LogP contribution >= 0.6 is 0 Å². The minimum absolute atomic E-state index is 0.0450. The molecule has 0 aliphatic rings. The molecule has 128 valence electrons. The Morgan fingerprint density at radius 1 is 1.12 bits per heavy atom. The predicted molar refractivity (Wildman–Crippen MR) is 93.2 cm³/mol. The van der Waals surface area contributed by atoms with E-state index >= 15 is 0 Å². The van der Waals surface area contributed by atoms with Gasteiger partial charge in [0.1, 0.15) is 5.69 Å². The summed E-state index contributed by atoms with van der Waals surface area (Å²) in [5, 5.41) is 14.3. The molecule has 0 saturated carbocycles. The Morgan fingerprint density at radius 2 is 1.83 bits per heavy atom. The second-order valence-electron chi connectivity index (χ2n) is 5.76. The van der Waals surface area contributed by atoms with Gasteiger partial charge in [0.15, 0.2) is 0 Å². The number of hydrogen-bond donors (Lipinski definition) is 3. The van der Waals surface area contributed by atoms with E-state index in [2.05, 4.69) is 10.6 Å². The normalized spacial score (nSPS) is 10.7. The van der Waals surface area contributed by atoms with Crippen molar-refractivity contribution in [3.63, 3.8) is 0 Å². The van der Waals surface area contributed by atoms with Gasteiger partial charge in [0, 0.05) is 36.6 Å². The number of carbonyl (C=O) groups excluding carboxylic acids is 2. The van der Waals surface area contributed by atoms with Crippen molar-refractivity contribution in [3.8, 4) is 0 Å². The number of aliphatic hydroxyl groups excluding tert-OH is 1.